The molecule has 6 heteroatoms. The molecule has 0 radical (unpaired) electrons. The van der Waals surface area contributed by atoms with Crippen molar-refractivity contribution in [2.24, 2.45) is 11.7 Å². The Hall–Kier alpha value is -1.30. The van der Waals surface area contributed by atoms with E-state index >= 15 is 0 Å². The lowest BCUT2D eigenvalue weighted by molar-refractivity contribution is -0.161. The second kappa shape index (κ2) is 6.22. The molecule has 0 aliphatic heterocycles. The van der Waals surface area contributed by atoms with Gasteiger partial charge in [0, 0.05) is 0 Å². The highest BCUT2D eigenvalue weighted by Crippen LogP contribution is 2.33. The summed E-state index contributed by atoms with van der Waals surface area (Å²) in [7, 11) is 0. The van der Waals surface area contributed by atoms with Crippen LogP contribution in [0.15, 0.2) is 18.2 Å². The van der Waals surface area contributed by atoms with Crippen LogP contribution in [0.5, 0.6) is 5.75 Å². The van der Waals surface area contributed by atoms with Gasteiger partial charge in [-0.05, 0) is 29.5 Å². The maximum atomic E-state index is 12.8. The van der Waals surface area contributed by atoms with Crippen LogP contribution in [-0.2, 0) is 5.41 Å². The zero-order valence-corrected chi connectivity index (χ0v) is 13.4. The van der Waals surface area contributed by atoms with Crippen LogP contribution in [-0.4, -0.2) is 17.8 Å². The van der Waals surface area contributed by atoms with Crippen molar-refractivity contribution >= 4 is 17.2 Å². The van der Waals surface area contributed by atoms with Gasteiger partial charge in [-0.15, -0.1) is 0 Å². The summed E-state index contributed by atoms with van der Waals surface area (Å²) in [5.41, 5.74) is 6.69. The van der Waals surface area contributed by atoms with Crippen molar-refractivity contribution in [2.45, 2.75) is 39.3 Å². The molecule has 118 valence electrons. The number of halogens is 3. The highest BCUT2D eigenvalue weighted by atomic mass is 32.1. The van der Waals surface area contributed by atoms with E-state index in [1.165, 1.54) is 0 Å². The maximum Gasteiger partial charge on any atom is 0.401 e. The summed E-state index contributed by atoms with van der Waals surface area (Å²) in [6, 6.07) is 5.50. The van der Waals surface area contributed by atoms with E-state index in [9.17, 15) is 13.2 Å². The molecule has 1 atom stereocenters. The molecule has 0 aliphatic carbocycles. The first-order valence-electron chi connectivity index (χ1n) is 6.53. The molecule has 1 unspecified atom stereocenters. The van der Waals surface area contributed by atoms with Gasteiger partial charge in [-0.1, -0.05) is 45.1 Å². The fourth-order valence-corrected chi connectivity index (χ4v) is 2.08. The molecule has 0 aromatic heterocycles. The highest BCUT2D eigenvalue weighted by Gasteiger charge is 2.42. The molecule has 2 N–H and O–H groups in total. The van der Waals surface area contributed by atoms with Crippen molar-refractivity contribution in [1.29, 1.82) is 0 Å². The van der Waals surface area contributed by atoms with Crippen molar-refractivity contribution in [3.8, 4) is 5.75 Å². The largest absolute Gasteiger partial charge is 0.492 e. The lowest BCUT2D eigenvalue weighted by Gasteiger charge is -2.25. The maximum absolute atomic E-state index is 12.8. The molecule has 1 rings (SSSR count). The van der Waals surface area contributed by atoms with Crippen molar-refractivity contribution in [1.82, 2.24) is 0 Å². The van der Waals surface area contributed by atoms with Crippen LogP contribution in [0.4, 0.5) is 13.2 Å². The molecule has 0 saturated heterocycles. The van der Waals surface area contributed by atoms with E-state index in [2.05, 4.69) is 12.2 Å². The minimum Gasteiger partial charge on any atom is -0.492 e. The summed E-state index contributed by atoms with van der Waals surface area (Å²) in [6.45, 7) is 7.16. The Balaban J connectivity index is 3.03. The van der Waals surface area contributed by atoms with Crippen LogP contribution >= 0.6 is 12.2 Å². The Labute approximate surface area is 128 Å². The molecular weight excluding hydrogens is 299 g/mol. The van der Waals surface area contributed by atoms with E-state index in [1.807, 2.05) is 39.8 Å². The first-order valence-corrected chi connectivity index (χ1v) is 6.93. The monoisotopic (exact) mass is 319 g/mol. The predicted molar refractivity (Wildman–Crippen MR) is 81.7 cm³/mol. The topological polar surface area (TPSA) is 35.2 Å². The third kappa shape index (κ3) is 4.88. The average Bonchev–Trinajstić information content (AvgIpc) is 2.24. The Morgan fingerprint density at radius 1 is 1.29 bits per heavy atom. The van der Waals surface area contributed by atoms with Crippen LogP contribution in [0.2, 0.25) is 0 Å². The molecule has 1 aromatic carbocycles. The zero-order chi connectivity index (χ0) is 16.4. The van der Waals surface area contributed by atoms with E-state index in [0.29, 0.717) is 5.75 Å². The highest BCUT2D eigenvalue weighted by molar-refractivity contribution is 7.80. The van der Waals surface area contributed by atoms with Crippen molar-refractivity contribution in [3.63, 3.8) is 0 Å². The Morgan fingerprint density at radius 3 is 2.29 bits per heavy atom. The summed E-state index contributed by atoms with van der Waals surface area (Å²) in [5, 5.41) is 0. The number of alkyl halides is 3. The molecule has 21 heavy (non-hydrogen) atoms. The SMILES string of the molecule is Cc1ccc(C(C)(C)C)c(OCC(C(N)=S)C(F)(F)F)c1. The van der Waals surface area contributed by atoms with E-state index in [0.717, 1.165) is 11.1 Å². The first kappa shape index (κ1) is 17.8. The summed E-state index contributed by atoms with van der Waals surface area (Å²) >= 11 is 4.49. The van der Waals surface area contributed by atoms with Gasteiger partial charge in [0.1, 0.15) is 18.3 Å². The number of rotatable bonds is 4. The minimum absolute atomic E-state index is 0.236. The number of hydrogen-bond donors (Lipinski definition) is 1. The molecule has 2 nitrogen and oxygen atoms in total. The quantitative estimate of drug-likeness (QED) is 0.847. The van der Waals surface area contributed by atoms with E-state index in [-0.39, 0.29) is 5.41 Å². The Morgan fingerprint density at radius 2 is 1.86 bits per heavy atom. The third-order valence-corrected chi connectivity index (χ3v) is 3.37. The molecule has 0 spiro atoms. The molecule has 0 fully saturated rings. The van der Waals surface area contributed by atoms with Gasteiger partial charge in [0.15, 0.2) is 0 Å². The van der Waals surface area contributed by atoms with Gasteiger partial charge in [0.05, 0.1) is 4.99 Å². The lowest BCUT2D eigenvalue weighted by Crippen LogP contribution is -2.38. The van der Waals surface area contributed by atoms with Crippen LogP contribution < -0.4 is 10.5 Å². The molecule has 0 heterocycles. The second-order valence-corrected chi connectivity index (χ2v) is 6.53. The minimum atomic E-state index is -4.50. The van der Waals surface area contributed by atoms with Gasteiger partial charge in [-0.2, -0.15) is 13.2 Å². The zero-order valence-electron chi connectivity index (χ0n) is 12.5. The summed E-state index contributed by atoms with van der Waals surface area (Å²) in [5.74, 6) is -1.51. The fourth-order valence-electron chi connectivity index (χ4n) is 1.88. The predicted octanol–water partition coefficient (Wildman–Crippen LogP) is 4.14. The van der Waals surface area contributed by atoms with Gasteiger partial charge in [0.25, 0.3) is 0 Å². The summed E-state index contributed by atoms with van der Waals surface area (Å²) < 4.78 is 43.9. The van der Waals surface area contributed by atoms with E-state index in [1.54, 1.807) is 6.07 Å². The van der Waals surface area contributed by atoms with Crippen LogP contribution in [0.25, 0.3) is 0 Å². The van der Waals surface area contributed by atoms with Gasteiger partial charge in [0.2, 0.25) is 0 Å². The smallest absolute Gasteiger partial charge is 0.401 e. The van der Waals surface area contributed by atoms with Crippen LogP contribution in [0, 0.1) is 12.8 Å². The third-order valence-electron chi connectivity index (χ3n) is 3.09. The van der Waals surface area contributed by atoms with Crippen LogP contribution in [0.3, 0.4) is 0 Å². The lowest BCUT2D eigenvalue weighted by atomic mass is 9.86. The number of ether oxygens (including phenoxy) is 1. The average molecular weight is 319 g/mol. The number of hydrogen-bond acceptors (Lipinski definition) is 2. The molecule has 0 saturated carbocycles. The molecule has 0 bridgehead atoms. The summed E-state index contributed by atoms with van der Waals surface area (Å²) in [4.78, 5) is -0.604. The van der Waals surface area contributed by atoms with E-state index < -0.39 is 23.7 Å². The van der Waals surface area contributed by atoms with Crippen molar-refractivity contribution in [2.75, 3.05) is 6.61 Å². The van der Waals surface area contributed by atoms with Gasteiger partial charge < -0.3 is 10.5 Å². The summed E-state index contributed by atoms with van der Waals surface area (Å²) in [6.07, 6.45) is -4.50. The molecule has 0 amide bonds. The molecule has 1 aromatic rings. The normalized spacial score (nSPS) is 13.9. The van der Waals surface area contributed by atoms with Gasteiger partial charge >= 0.3 is 6.18 Å². The molecular formula is C15H20F3NOS. The Bertz CT molecular complexity index is 521. The number of aryl methyl sites for hydroxylation is 1. The molecule has 0 aliphatic rings. The van der Waals surface area contributed by atoms with Crippen LogP contribution in [0.1, 0.15) is 31.9 Å². The fraction of sp³-hybridized carbons (Fsp3) is 0.533. The first-order chi connectivity index (χ1) is 9.43. The standard InChI is InChI=1S/C15H20F3NOS/c1-9-5-6-10(14(2,3)4)12(7-9)20-8-11(13(19)21)15(16,17)18/h5-7,11H,8H2,1-4H3,(H2,19,21). The van der Waals surface area contributed by atoms with E-state index in [4.69, 9.17) is 10.5 Å². The van der Waals surface area contributed by atoms with Crippen molar-refractivity contribution in [3.05, 3.63) is 29.3 Å². The van der Waals surface area contributed by atoms with Gasteiger partial charge in [-0.25, -0.2) is 0 Å². The van der Waals surface area contributed by atoms with Gasteiger partial charge in [-0.3, -0.25) is 0 Å². The Kier molecular flexibility index (Phi) is 5.25. The number of thiocarbonyl (C=S) groups is 1. The van der Waals surface area contributed by atoms with Crippen molar-refractivity contribution < 1.29 is 17.9 Å². The second-order valence-electron chi connectivity index (χ2n) is 6.06. The number of benzene rings is 1. The number of nitrogens with two attached hydrogens (primary N) is 1.